The summed E-state index contributed by atoms with van der Waals surface area (Å²) >= 11 is 0. The first kappa shape index (κ1) is 23.2. The van der Waals surface area contributed by atoms with E-state index in [1.165, 1.54) is 28.4 Å². The van der Waals surface area contributed by atoms with Gasteiger partial charge in [0.1, 0.15) is 12.4 Å². The molecule has 29 heavy (non-hydrogen) atoms. The summed E-state index contributed by atoms with van der Waals surface area (Å²) in [5.41, 5.74) is 0. The van der Waals surface area contributed by atoms with Crippen molar-refractivity contribution >= 4 is 21.9 Å². The summed E-state index contributed by atoms with van der Waals surface area (Å²) in [5, 5.41) is 0. The second-order valence-corrected chi connectivity index (χ2v) is 8.65. The molecule has 1 saturated heterocycles. The Labute approximate surface area is 170 Å². The van der Waals surface area contributed by atoms with Gasteiger partial charge in [-0.25, -0.2) is 12.8 Å². The van der Waals surface area contributed by atoms with Crippen molar-refractivity contribution in [3.05, 3.63) is 30.1 Å². The summed E-state index contributed by atoms with van der Waals surface area (Å²) in [6.07, 6.45) is 1.02. The van der Waals surface area contributed by atoms with Gasteiger partial charge in [-0.05, 0) is 44.0 Å². The van der Waals surface area contributed by atoms with Crippen molar-refractivity contribution in [3.63, 3.8) is 0 Å². The molecule has 1 aromatic carbocycles. The van der Waals surface area contributed by atoms with Crippen molar-refractivity contribution in [1.82, 2.24) is 9.21 Å². The van der Waals surface area contributed by atoms with Gasteiger partial charge in [0.2, 0.25) is 15.9 Å². The van der Waals surface area contributed by atoms with Crippen molar-refractivity contribution in [3.8, 4) is 0 Å². The molecule has 162 valence electrons. The van der Waals surface area contributed by atoms with Gasteiger partial charge in [0.25, 0.3) is 0 Å². The molecule has 8 nitrogen and oxygen atoms in total. The van der Waals surface area contributed by atoms with Crippen LogP contribution < -0.4 is 0 Å². The van der Waals surface area contributed by atoms with Crippen LogP contribution in [0.5, 0.6) is 0 Å². The molecule has 1 fully saturated rings. The average molecular weight is 430 g/mol. The normalized spacial score (nSPS) is 17.7. The number of methoxy groups -OCH3 is 1. The minimum Gasteiger partial charge on any atom is -0.465 e. The number of esters is 1. The molecule has 0 radical (unpaired) electrons. The molecule has 0 N–H and O–H groups in total. The zero-order valence-electron chi connectivity index (χ0n) is 16.7. The summed E-state index contributed by atoms with van der Waals surface area (Å²) < 4.78 is 50.0. The van der Waals surface area contributed by atoms with Gasteiger partial charge >= 0.3 is 5.97 Å². The van der Waals surface area contributed by atoms with Crippen LogP contribution in [0, 0.1) is 11.7 Å². The minimum atomic E-state index is -3.84. The van der Waals surface area contributed by atoms with Gasteiger partial charge in [-0.15, -0.1) is 0 Å². The molecule has 1 unspecified atom stereocenters. The van der Waals surface area contributed by atoms with Crippen molar-refractivity contribution in [2.75, 3.05) is 46.5 Å². The largest absolute Gasteiger partial charge is 0.465 e. The highest BCUT2D eigenvalue weighted by Gasteiger charge is 2.35. The molecule has 0 saturated carbocycles. The van der Waals surface area contributed by atoms with Gasteiger partial charge in [-0.1, -0.05) is 0 Å². The highest BCUT2D eigenvalue weighted by molar-refractivity contribution is 7.89. The van der Waals surface area contributed by atoms with Crippen molar-refractivity contribution in [2.45, 2.75) is 24.7 Å². The standard InChI is InChI=1S/C19H27FN2O6S/c1-3-28-18(23)14-21(11-12-27-2)19(24)15-5-4-10-22(13-15)29(25,26)17-8-6-16(20)7-9-17/h6-9,15H,3-5,10-14H2,1-2H3. The summed E-state index contributed by atoms with van der Waals surface area (Å²) in [4.78, 5) is 26.2. The van der Waals surface area contributed by atoms with Gasteiger partial charge in [0.15, 0.2) is 0 Å². The lowest BCUT2D eigenvalue weighted by Gasteiger charge is -2.34. The third kappa shape index (κ3) is 6.22. The van der Waals surface area contributed by atoms with Gasteiger partial charge in [-0.2, -0.15) is 4.31 Å². The molecular weight excluding hydrogens is 403 g/mol. The summed E-state index contributed by atoms with van der Waals surface area (Å²) in [5.74, 6) is -1.94. The third-order valence-electron chi connectivity index (χ3n) is 4.69. The number of sulfonamides is 1. The Morgan fingerprint density at radius 2 is 1.97 bits per heavy atom. The minimum absolute atomic E-state index is 0.00481. The Morgan fingerprint density at radius 1 is 1.28 bits per heavy atom. The second-order valence-electron chi connectivity index (χ2n) is 6.71. The summed E-state index contributed by atoms with van der Waals surface area (Å²) in [6.45, 7) is 2.41. The van der Waals surface area contributed by atoms with Gasteiger partial charge < -0.3 is 14.4 Å². The van der Waals surface area contributed by atoms with Crippen molar-refractivity contribution < 1.29 is 31.9 Å². The fourth-order valence-corrected chi connectivity index (χ4v) is 4.73. The van der Waals surface area contributed by atoms with E-state index in [2.05, 4.69) is 0 Å². The van der Waals surface area contributed by atoms with Gasteiger partial charge in [0, 0.05) is 26.7 Å². The first-order valence-corrected chi connectivity index (χ1v) is 10.9. The first-order valence-electron chi connectivity index (χ1n) is 9.48. The Morgan fingerprint density at radius 3 is 2.59 bits per heavy atom. The number of hydrogen-bond acceptors (Lipinski definition) is 6. The van der Waals surface area contributed by atoms with Crippen LogP contribution >= 0.6 is 0 Å². The predicted octanol–water partition coefficient (Wildman–Crippen LogP) is 1.26. The zero-order chi connectivity index (χ0) is 21.4. The van der Waals surface area contributed by atoms with Gasteiger partial charge in [0.05, 0.1) is 24.0 Å². The number of amides is 1. The summed E-state index contributed by atoms with van der Waals surface area (Å²) in [7, 11) is -2.35. The fraction of sp³-hybridized carbons (Fsp3) is 0.579. The Bertz CT molecular complexity index is 799. The number of rotatable bonds is 9. The third-order valence-corrected chi connectivity index (χ3v) is 6.57. The maximum absolute atomic E-state index is 13.1. The van der Waals surface area contributed by atoms with Crippen LogP contribution in [0.15, 0.2) is 29.2 Å². The van der Waals surface area contributed by atoms with Crippen LogP contribution in [0.1, 0.15) is 19.8 Å². The van der Waals surface area contributed by atoms with E-state index in [1.807, 2.05) is 0 Å². The smallest absolute Gasteiger partial charge is 0.325 e. The van der Waals surface area contributed by atoms with Crippen LogP contribution in [-0.4, -0.2) is 76.0 Å². The molecular formula is C19H27FN2O6S. The topological polar surface area (TPSA) is 93.2 Å². The molecule has 1 aliphatic heterocycles. The number of carbonyl (C=O) groups excluding carboxylic acids is 2. The number of benzene rings is 1. The maximum atomic E-state index is 13.1. The zero-order valence-corrected chi connectivity index (χ0v) is 17.5. The van der Waals surface area contributed by atoms with Crippen LogP contribution in [0.4, 0.5) is 4.39 Å². The number of piperidine rings is 1. The number of halogens is 1. The van der Waals surface area contributed by atoms with Crippen LogP contribution in [0.25, 0.3) is 0 Å². The molecule has 1 amide bonds. The Balaban J connectivity index is 2.13. The van der Waals surface area contributed by atoms with Crippen molar-refractivity contribution in [1.29, 1.82) is 0 Å². The van der Waals surface area contributed by atoms with E-state index >= 15 is 0 Å². The van der Waals surface area contributed by atoms with E-state index < -0.39 is 27.7 Å². The number of hydrogen-bond donors (Lipinski definition) is 0. The number of carbonyl (C=O) groups is 2. The van der Waals surface area contributed by atoms with E-state index in [9.17, 15) is 22.4 Å². The van der Waals surface area contributed by atoms with E-state index in [0.29, 0.717) is 12.8 Å². The first-order chi connectivity index (χ1) is 13.8. The summed E-state index contributed by atoms with van der Waals surface area (Å²) in [6, 6.07) is 4.60. The molecule has 10 heteroatoms. The lowest BCUT2D eigenvalue weighted by Crippen LogP contribution is -2.48. The molecule has 0 aliphatic carbocycles. The SMILES string of the molecule is CCOC(=O)CN(CCOC)C(=O)C1CCCN(S(=O)(=O)c2ccc(F)cc2)C1. The quantitative estimate of drug-likeness (QED) is 0.548. The lowest BCUT2D eigenvalue weighted by molar-refractivity contribution is -0.151. The van der Waals surface area contributed by atoms with E-state index in [4.69, 9.17) is 9.47 Å². The Hall–Kier alpha value is -2.04. The van der Waals surface area contributed by atoms with Crippen LogP contribution in [0.2, 0.25) is 0 Å². The van der Waals surface area contributed by atoms with E-state index in [-0.39, 0.29) is 50.2 Å². The molecule has 0 bridgehead atoms. The van der Waals surface area contributed by atoms with Crippen molar-refractivity contribution in [2.24, 2.45) is 5.92 Å². The molecule has 1 aromatic rings. The van der Waals surface area contributed by atoms with E-state index in [1.54, 1.807) is 6.92 Å². The molecule has 2 rings (SSSR count). The van der Waals surface area contributed by atoms with Crippen LogP contribution in [0.3, 0.4) is 0 Å². The molecule has 1 atom stereocenters. The molecule has 0 spiro atoms. The predicted molar refractivity (Wildman–Crippen MR) is 103 cm³/mol. The molecule has 1 aliphatic rings. The van der Waals surface area contributed by atoms with Crippen LogP contribution in [-0.2, 0) is 29.1 Å². The maximum Gasteiger partial charge on any atom is 0.325 e. The molecule has 0 aromatic heterocycles. The second kappa shape index (κ2) is 10.7. The fourth-order valence-electron chi connectivity index (χ4n) is 3.21. The lowest BCUT2D eigenvalue weighted by atomic mass is 9.98. The monoisotopic (exact) mass is 430 g/mol. The molecule has 1 heterocycles. The highest BCUT2D eigenvalue weighted by Crippen LogP contribution is 2.25. The number of nitrogens with zero attached hydrogens (tertiary/aromatic N) is 2. The number of ether oxygens (including phenoxy) is 2. The average Bonchev–Trinajstić information content (AvgIpc) is 2.71. The Kier molecular flexibility index (Phi) is 8.54. The van der Waals surface area contributed by atoms with E-state index in [0.717, 1.165) is 12.1 Å². The van der Waals surface area contributed by atoms with Gasteiger partial charge in [-0.3, -0.25) is 9.59 Å². The highest BCUT2D eigenvalue weighted by atomic mass is 32.2.